The number of halogens is 2. The molecule has 0 spiro atoms. The predicted octanol–water partition coefficient (Wildman–Crippen LogP) is 1.15. The standard InChI is InChI=1S/C8H7F2NO4S/c9-6-2-1-5(3-7(6)10)8(11)15-4-16(12,13)14/h1-3,11H,4H2,(H,12,13,14). The number of benzene rings is 1. The molecule has 1 aromatic carbocycles. The van der Waals surface area contributed by atoms with Gasteiger partial charge in [-0.25, -0.2) is 8.78 Å². The highest BCUT2D eigenvalue weighted by atomic mass is 32.2. The Morgan fingerprint density at radius 1 is 1.38 bits per heavy atom. The quantitative estimate of drug-likeness (QED) is 0.479. The van der Waals surface area contributed by atoms with E-state index in [9.17, 15) is 17.2 Å². The Bertz CT molecular complexity index is 515. The third-order valence-corrected chi connectivity index (χ3v) is 1.95. The molecule has 0 aromatic heterocycles. The van der Waals surface area contributed by atoms with E-state index >= 15 is 0 Å². The summed E-state index contributed by atoms with van der Waals surface area (Å²) in [7, 11) is -4.38. The number of hydrogen-bond donors (Lipinski definition) is 2. The van der Waals surface area contributed by atoms with Gasteiger partial charge in [-0.2, -0.15) is 8.42 Å². The van der Waals surface area contributed by atoms with Crippen molar-refractivity contribution in [3.8, 4) is 0 Å². The van der Waals surface area contributed by atoms with Gasteiger partial charge in [-0.3, -0.25) is 9.96 Å². The zero-order valence-corrected chi connectivity index (χ0v) is 8.59. The lowest BCUT2D eigenvalue weighted by Gasteiger charge is -2.05. The molecule has 16 heavy (non-hydrogen) atoms. The van der Waals surface area contributed by atoms with Crippen LogP contribution < -0.4 is 0 Å². The van der Waals surface area contributed by atoms with Crippen molar-refractivity contribution in [2.75, 3.05) is 5.94 Å². The summed E-state index contributed by atoms with van der Waals surface area (Å²) < 4.78 is 58.5. The lowest BCUT2D eigenvalue weighted by molar-refractivity contribution is 0.341. The van der Waals surface area contributed by atoms with Gasteiger partial charge < -0.3 is 4.74 Å². The fourth-order valence-electron chi connectivity index (χ4n) is 0.854. The average molecular weight is 251 g/mol. The number of ether oxygens (including phenoxy) is 1. The Hall–Kier alpha value is -1.54. The van der Waals surface area contributed by atoms with Gasteiger partial charge in [-0.05, 0) is 18.2 Å². The van der Waals surface area contributed by atoms with Crippen LogP contribution in [0, 0.1) is 17.0 Å². The van der Waals surface area contributed by atoms with Crippen LogP contribution in [0.25, 0.3) is 0 Å². The topological polar surface area (TPSA) is 87.5 Å². The summed E-state index contributed by atoms with van der Waals surface area (Å²) in [5.41, 5.74) is -0.137. The molecular weight excluding hydrogens is 244 g/mol. The smallest absolute Gasteiger partial charge is 0.300 e. The van der Waals surface area contributed by atoms with E-state index in [1.54, 1.807) is 0 Å². The largest absolute Gasteiger partial charge is 0.459 e. The summed E-state index contributed by atoms with van der Waals surface area (Å²) in [6.07, 6.45) is 0. The molecule has 0 aliphatic carbocycles. The minimum Gasteiger partial charge on any atom is -0.459 e. The van der Waals surface area contributed by atoms with E-state index < -0.39 is 33.6 Å². The number of nitrogens with one attached hydrogen (secondary N) is 1. The number of rotatable bonds is 3. The van der Waals surface area contributed by atoms with Gasteiger partial charge >= 0.3 is 10.1 Å². The van der Waals surface area contributed by atoms with E-state index in [1.807, 2.05) is 0 Å². The lowest BCUT2D eigenvalue weighted by atomic mass is 10.2. The fourth-order valence-corrected chi connectivity index (χ4v) is 1.12. The zero-order chi connectivity index (χ0) is 12.3. The Morgan fingerprint density at radius 2 is 2.00 bits per heavy atom. The molecule has 0 saturated heterocycles. The zero-order valence-electron chi connectivity index (χ0n) is 7.78. The highest BCUT2D eigenvalue weighted by Gasteiger charge is 2.11. The van der Waals surface area contributed by atoms with Crippen LogP contribution in [-0.4, -0.2) is 24.8 Å². The van der Waals surface area contributed by atoms with E-state index in [4.69, 9.17) is 9.96 Å². The van der Waals surface area contributed by atoms with Crippen molar-refractivity contribution in [3.63, 3.8) is 0 Å². The van der Waals surface area contributed by atoms with E-state index in [0.29, 0.717) is 6.07 Å². The first-order chi connectivity index (χ1) is 7.29. The maximum absolute atomic E-state index is 12.7. The molecule has 2 N–H and O–H groups in total. The predicted molar refractivity (Wildman–Crippen MR) is 50.7 cm³/mol. The molecule has 0 radical (unpaired) electrons. The van der Waals surface area contributed by atoms with E-state index in [-0.39, 0.29) is 5.56 Å². The van der Waals surface area contributed by atoms with Gasteiger partial charge in [-0.15, -0.1) is 0 Å². The first-order valence-corrected chi connectivity index (χ1v) is 5.52. The van der Waals surface area contributed by atoms with Crippen molar-refractivity contribution in [1.82, 2.24) is 0 Å². The van der Waals surface area contributed by atoms with Crippen LogP contribution in [0.1, 0.15) is 5.56 Å². The van der Waals surface area contributed by atoms with Crippen molar-refractivity contribution in [2.24, 2.45) is 0 Å². The van der Waals surface area contributed by atoms with Crippen molar-refractivity contribution in [1.29, 1.82) is 5.41 Å². The average Bonchev–Trinajstić information content (AvgIpc) is 2.17. The Morgan fingerprint density at radius 3 is 2.50 bits per heavy atom. The second-order valence-corrected chi connectivity index (χ2v) is 4.20. The summed E-state index contributed by atoms with van der Waals surface area (Å²) in [4.78, 5) is 0. The molecule has 0 bridgehead atoms. The molecule has 0 aliphatic heterocycles. The molecule has 0 saturated carbocycles. The van der Waals surface area contributed by atoms with Gasteiger partial charge in [0.05, 0.1) is 0 Å². The molecule has 0 atom stereocenters. The summed E-state index contributed by atoms with van der Waals surface area (Å²) in [6, 6.07) is 2.50. The maximum atomic E-state index is 12.7. The van der Waals surface area contributed by atoms with Gasteiger partial charge in [0.15, 0.2) is 11.6 Å². The molecule has 0 fully saturated rings. The van der Waals surface area contributed by atoms with Gasteiger partial charge in [0, 0.05) is 5.56 Å². The first-order valence-electron chi connectivity index (χ1n) is 3.91. The van der Waals surface area contributed by atoms with Crippen molar-refractivity contribution in [3.05, 3.63) is 35.4 Å². The molecule has 0 heterocycles. The summed E-state index contributed by atoms with van der Waals surface area (Å²) in [5.74, 6) is -4.08. The highest BCUT2D eigenvalue weighted by Crippen LogP contribution is 2.09. The van der Waals surface area contributed by atoms with Crippen molar-refractivity contribution < 1.29 is 26.5 Å². The van der Waals surface area contributed by atoms with E-state index in [0.717, 1.165) is 12.1 Å². The maximum Gasteiger partial charge on any atom is 0.300 e. The third kappa shape index (κ3) is 3.55. The van der Waals surface area contributed by atoms with E-state index in [1.165, 1.54) is 0 Å². The minimum absolute atomic E-state index is 0.137. The van der Waals surface area contributed by atoms with Crippen LogP contribution in [0.2, 0.25) is 0 Å². The van der Waals surface area contributed by atoms with Crippen LogP contribution in [0.5, 0.6) is 0 Å². The summed E-state index contributed by atoms with van der Waals surface area (Å²) >= 11 is 0. The monoisotopic (exact) mass is 251 g/mol. The van der Waals surface area contributed by atoms with E-state index in [2.05, 4.69) is 4.74 Å². The third-order valence-electron chi connectivity index (χ3n) is 1.53. The first kappa shape index (κ1) is 12.5. The van der Waals surface area contributed by atoms with Crippen molar-refractivity contribution in [2.45, 2.75) is 0 Å². The van der Waals surface area contributed by atoms with Gasteiger partial charge in [0.25, 0.3) is 0 Å². The number of hydrogen-bond acceptors (Lipinski definition) is 4. The molecule has 5 nitrogen and oxygen atoms in total. The Balaban J connectivity index is 2.78. The van der Waals surface area contributed by atoms with Crippen LogP contribution in [0.3, 0.4) is 0 Å². The van der Waals surface area contributed by atoms with Gasteiger partial charge in [0.1, 0.15) is 0 Å². The molecule has 1 rings (SSSR count). The van der Waals surface area contributed by atoms with Crippen LogP contribution in [0.4, 0.5) is 8.78 Å². The summed E-state index contributed by atoms with van der Waals surface area (Å²) in [5, 5.41) is 7.19. The molecule has 0 unspecified atom stereocenters. The Labute approximate surface area is 89.9 Å². The molecule has 0 aliphatic rings. The molecule has 8 heteroatoms. The molecule has 0 amide bonds. The molecular formula is C8H7F2NO4S. The van der Waals surface area contributed by atoms with Crippen LogP contribution in [0.15, 0.2) is 18.2 Å². The normalized spacial score (nSPS) is 11.2. The highest BCUT2D eigenvalue weighted by molar-refractivity contribution is 7.85. The van der Waals surface area contributed by atoms with Crippen LogP contribution >= 0.6 is 0 Å². The fraction of sp³-hybridized carbons (Fsp3) is 0.125. The molecule has 88 valence electrons. The van der Waals surface area contributed by atoms with Gasteiger partial charge in [-0.1, -0.05) is 0 Å². The van der Waals surface area contributed by atoms with Crippen molar-refractivity contribution >= 4 is 16.0 Å². The lowest BCUT2D eigenvalue weighted by Crippen LogP contribution is -2.13. The SMILES string of the molecule is N=C(OCS(=O)(=O)O)c1ccc(F)c(F)c1. The van der Waals surface area contributed by atoms with Gasteiger partial charge in [0.2, 0.25) is 11.8 Å². The van der Waals surface area contributed by atoms with Crippen LogP contribution in [-0.2, 0) is 14.9 Å². The molecule has 1 aromatic rings. The Kier molecular flexibility index (Phi) is 3.55. The second kappa shape index (κ2) is 4.54. The second-order valence-electron chi connectivity index (χ2n) is 2.80. The minimum atomic E-state index is -4.38. The summed E-state index contributed by atoms with van der Waals surface area (Å²) in [6.45, 7) is 0.